The lowest BCUT2D eigenvalue weighted by Crippen LogP contribution is -2.40. The fourth-order valence-electron chi connectivity index (χ4n) is 2.21. The second kappa shape index (κ2) is 8.82. The molecule has 2 rings (SSSR count). The molecule has 1 heterocycles. The largest absolute Gasteiger partial charge is 0.496 e. The Balaban J connectivity index is 1.96. The molecule has 1 aromatic heterocycles. The summed E-state index contributed by atoms with van der Waals surface area (Å²) < 4.78 is 6.12. The molecule has 0 aliphatic rings. The highest BCUT2D eigenvalue weighted by molar-refractivity contribution is 9.10. The van der Waals surface area contributed by atoms with Crippen molar-refractivity contribution in [1.29, 1.82) is 0 Å². The van der Waals surface area contributed by atoms with Crippen LogP contribution in [0.3, 0.4) is 0 Å². The zero-order valence-corrected chi connectivity index (χ0v) is 16.6. The minimum Gasteiger partial charge on any atom is -0.496 e. The van der Waals surface area contributed by atoms with Crippen molar-refractivity contribution in [2.75, 3.05) is 7.11 Å². The van der Waals surface area contributed by atoms with Crippen LogP contribution in [0.25, 0.3) is 6.08 Å². The monoisotopic (exact) mass is 422 g/mol. The average molecular weight is 423 g/mol. The van der Waals surface area contributed by atoms with E-state index in [0.29, 0.717) is 10.6 Å². The van der Waals surface area contributed by atoms with E-state index in [0.717, 1.165) is 26.9 Å². The number of hydrogen-bond donors (Lipinski definition) is 2. The Morgan fingerprint density at radius 1 is 1.28 bits per heavy atom. The van der Waals surface area contributed by atoms with Gasteiger partial charge in [0.2, 0.25) is 0 Å². The second-order valence-corrected chi connectivity index (χ2v) is 7.29. The van der Waals surface area contributed by atoms with E-state index in [9.17, 15) is 9.59 Å². The average Bonchev–Trinajstić information content (AvgIpc) is 2.99. The summed E-state index contributed by atoms with van der Waals surface area (Å²) in [5.41, 5.74) is 6.64. The van der Waals surface area contributed by atoms with E-state index in [2.05, 4.69) is 26.8 Å². The lowest BCUT2D eigenvalue weighted by atomic mass is 10.2. The number of carbonyl (C=O) groups is 2. The molecule has 2 aromatic rings. The highest BCUT2D eigenvalue weighted by Gasteiger charge is 2.11. The van der Waals surface area contributed by atoms with E-state index >= 15 is 0 Å². The highest BCUT2D eigenvalue weighted by Crippen LogP contribution is 2.24. The fourth-order valence-corrected chi connectivity index (χ4v) is 3.59. The fraction of sp³-hybridized carbons (Fsp3) is 0.222. The van der Waals surface area contributed by atoms with Crippen molar-refractivity contribution < 1.29 is 14.3 Å². The van der Waals surface area contributed by atoms with Crippen molar-refractivity contribution in [1.82, 2.24) is 10.9 Å². The van der Waals surface area contributed by atoms with Crippen LogP contribution in [0.5, 0.6) is 5.75 Å². The number of methoxy groups -OCH3 is 1. The van der Waals surface area contributed by atoms with Gasteiger partial charge in [0.25, 0.3) is 11.8 Å². The molecule has 7 heteroatoms. The summed E-state index contributed by atoms with van der Waals surface area (Å²) in [6.07, 6.45) is 3.84. The summed E-state index contributed by atoms with van der Waals surface area (Å²) in [5.74, 6) is -0.105. The minimum atomic E-state index is -0.431. The van der Waals surface area contributed by atoms with E-state index in [1.807, 2.05) is 32.0 Å². The van der Waals surface area contributed by atoms with Crippen LogP contribution in [0.1, 0.15) is 32.6 Å². The second-order valence-electron chi connectivity index (χ2n) is 5.23. The molecule has 0 unspecified atom stereocenters. The molecule has 1 aromatic carbocycles. The van der Waals surface area contributed by atoms with Crippen molar-refractivity contribution in [3.63, 3.8) is 0 Å². The summed E-state index contributed by atoms with van der Waals surface area (Å²) in [6.45, 7) is 4.02. The van der Waals surface area contributed by atoms with Crippen LogP contribution in [0.2, 0.25) is 0 Å². The molecule has 0 radical (unpaired) electrons. The number of hydrogen-bond acceptors (Lipinski definition) is 4. The van der Waals surface area contributed by atoms with E-state index in [-0.39, 0.29) is 5.91 Å². The Kier molecular flexibility index (Phi) is 6.78. The predicted molar refractivity (Wildman–Crippen MR) is 104 cm³/mol. The zero-order valence-electron chi connectivity index (χ0n) is 14.2. The van der Waals surface area contributed by atoms with Gasteiger partial charge in [0, 0.05) is 21.0 Å². The first-order chi connectivity index (χ1) is 11.9. The first-order valence-corrected chi connectivity index (χ1v) is 9.26. The van der Waals surface area contributed by atoms with Gasteiger partial charge in [-0.05, 0) is 49.2 Å². The third kappa shape index (κ3) is 5.17. The molecule has 5 nitrogen and oxygen atoms in total. The molecule has 0 atom stereocenters. The Morgan fingerprint density at radius 2 is 2.04 bits per heavy atom. The molecular formula is C18H19BrN2O3S. The van der Waals surface area contributed by atoms with Gasteiger partial charge in [-0.15, -0.1) is 11.3 Å². The third-order valence-electron chi connectivity index (χ3n) is 3.47. The van der Waals surface area contributed by atoms with E-state index < -0.39 is 5.91 Å². The lowest BCUT2D eigenvalue weighted by molar-refractivity contribution is -0.117. The summed E-state index contributed by atoms with van der Waals surface area (Å²) in [4.78, 5) is 25.7. The Bertz CT molecular complexity index is 815. The zero-order chi connectivity index (χ0) is 18.4. The van der Waals surface area contributed by atoms with Gasteiger partial charge in [0.05, 0.1) is 12.0 Å². The van der Waals surface area contributed by atoms with Gasteiger partial charge >= 0.3 is 0 Å². The summed E-state index contributed by atoms with van der Waals surface area (Å²) in [7, 11) is 1.56. The standard InChI is InChI=1S/C18H19BrN2O3S/c1-4-15-11(2)9-16(25-15)18(23)21-20-17(22)8-5-12-10-13(19)6-7-14(12)24-3/h5-10H,4H2,1-3H3,(H,20,22)(H,21,23)/b8-5+. The molecule has 0 aliphatic heterocycles. The van der Waals surface area contributed by atoms with Crippen LogP contribution in [0, 0.1) is 6.92 Å². The van der Waals surface area contributed by atoms with Crippen molar-refractivity contribution in [3.05, 3.63) is 55.7 Å². The highest BCUT2D eigenvalue weighted by atomic mass is 79.9. The van der Waals surface area contributed by atoms with Gasteiger partial charge in [-0.2, -0.15) is 0 Å². The summed E-state index contributed by atoms with van der Waals surface area (Å²) in [5, 5.41) is 0. The van der Waals surface area contributed by atoms with Crippen molar-refractivity contribution in [2.24, 2.45) is 0 Å². The topological polar surface area (TPSA) is 67.4 Å². The normalized spacial score (nSPS) is 10.7. The molecule has 132 valence electrons. The van der Waals surface area contributed by atoms with Gasteiger partial charge in [0.1, 0.15) is 5.75 Å². The van der Waals surface area contributed by atoms with Crippen LogP contribution >= 0.6 is 27.3 Å². The van der Waals surface area contributed by atoms with Crippen molar-refractivity contribution in [3.8, 4) is 5.75 Å². The van der Waals surface area contributed by atoms with E-state index in [1.165, 1.54) is 17.4 Å². The quantitative estimate of drug-likeness (QED) is 0.567. The van der Waals surface area contributed by atoms with Crippen molar-refractivity contribution in [2.45, 2.75) is 20.3 Å². The number of ether oxygens (including phenoxy) is 1. The molecule has 2 N–H and O–H groups in total. The molecular weight excluding hydrogens is 404 g/mol. The van der Waals surface area contributed by atoms with Gasteiger partial charge in [0.15, 0.2) is 0 Å². The lowest BCUT2D eigenvalue weighted by Gasteiger charge is -2.05. The Labute approximate surface area is 159 Å². The molecule has 0 aliphatic carbocycles. The first kappa shape index (κ1) is 19.2. The molecule has 0 saturated carbocycles. The van der Waals surface area contributed by atoms with Crippen LogP contribution in [0.4, 0.5) is 0 Å². The number of halogens is 1. The molecule has 0 spiro atoms. The number of hydrazine groups is 1. The van der Waals surface area contributed by atoms with Crippen molar-refractivity contribution >= 4 is 45.2 Å². The number of carbonyl (C=O) groups excluding carboxylic acids is 2. The van der Waals surface area contributed by atoms with Gasteiger partial charge < -0.3 is 4.74 Å². The molecule has 0 saturated heterocycles. The maximum absolute atomic E-state index is 12.1. The van der Waals surface area contributed by atoms with Crippen LogP contribution in [-0.2, 0) is 11.2 Å². The van der Waals surface area contributed by atoms with Crippen LogP contribution in [-0.4, -0.2) is 18.9 Å². The molecule has 2 amide bonds. The van der Waals surface area contributed by atoms with E-state index in [1.54, 1.807) is 19.3 Å². The number of rotatable bonds is 5. The molecule has 0 bridgehead atoms. The van der Waals surface area contributed by atoms with Gasteiger partial charge in [-0.3, -0.25) is 20.4 Å². The number of benzene rings is 1. The van der Waals surface area contributed by atoms with Gasteiger partial charge in [-0.1, -0.05) is 22.9 Å². The maximum atomic E-state index is 12.1. The van der Waals surface area contributed by atoms with E-state index in [4.69, 9.17) is 4.74 Å². The number of thiophene rings is 1. The summed E-state index contributed by atoms with van der Waals surface area (Å²) in [6, 6.07) is 7.31. The predicted octanol–water partition coefficient (Wildman–Crippen LogP) is 3.86. The minimum absolute atomic E-state index is 0.324. The van der Waals surface area contributed by atoms with Crippen LogP contribution < -0.4 is 15.6 Å². The van der Waals surface area contributed by atoms with Gasteiger partial charge in [-0.25, -0.2) is 0 Å². The van der Waals surface area contributed by atoms with Crippen LogP contribution in [0.15, 0.2) is 34.8 Å². The summed E-state index contributed by atoms with van der Waals surface area (Å²) >= 11 is 4.81. The SMILES string of the molecule is CCc1sc(C(=O)NNC(=O)/C=C/c2cc(Br)ccc2OC)cc1C. The Hall–Kier alpha value is -2.12. The number of aryl methyl sites for hydroxylation is 2. The molecule has 25 heavy (non-hydrogen) atoms. The number of amides is 2. The third-order valence-corrected chi connectivity index (χ3v) is 5.34. The molecule has 0 fully saturated rings. The maximum Gasteiger partial charge on any atom is 0.279 e. The smallest absolute Gasteiger partial charge is 0.279 e. The first-order valence-electron chi connectivity index (χ1n) is 7.65. The number of nitrogens with one attached hydrogen (secondary N) is 2. The Morgan fingerprint density at radius 3 is 2.68 bits per heavy atom.